The Balaban J connectivity index is 3.50. The molecule has 0 spiro atoms. The number of likely N-dealkylation sites (N-methyl/N-ethyl adjacent to an activating group) is 1. The number of allylic oxidation sites excluding steroid dienone is 3. The summed E-state index contributed by atoms with van der Waals surface area (Å²) >= 11 is 0. The fourth-order valence-corrected chi connectivity index (χ4v) is 8.43. The summed E-state index contributed by atoms with van der Waals surface area (Å²) in [5.74, 6) is -3.39. The third-order valence-corrected chi connectivity index (χ3v) is 13.7. The van der Waals surface area contributed by atoms with Crippen molar-refractivity contribution in [2.45, 2.75) is 175 Å². The smallest absolute Gasteiger partial charge is 0.331 e. The van der Waals surface area contributed by atoms with E-state index in [1.54, 1.807) is 77.7 Å². The van der Waals surface area contributed by atoms with Crippen LogP contribution in [-0.2, 0) is 42.9 Å². The highest BCUT2D eigenvalue weighted by atomic mass is 16.6. The van der Waals surface area contributed by atoms with Crippen LogP contribution in [-0.4, -0.2) is 140 Å². The number of nitrogens with zero attached hydrogens (tertiary/aromatic N) is 2. The first kappa shape index (κ1) is 61.4. The van der Waals surface area contributed by atoms with Crippen LogP contribution in [0.3, 0.4) is 0 Å². The Labute approximate surface area is 403 Å². The summed E-state index contributed by atoms with van der Waals surface area (Å²) in [6, 6.07) is -0.551. The van der Waals surface area contributed by atoms with Gasteiger partial charge in [-0.3, -0.25) is 19.3 Å². The van der Waals surface area contributed by atoms with Crippen molar-refractivity contribution in [3.05, 3.63) is 60.4 Å². The number of carbonyl (C=O) groups is 4. The molecule has 0 aliphatic carbocycles. The number of aliphatic hydroxyl groups excluding tert-OH is 3. The molecule has 14 heteroatoms. The molecular formula is C53H90N2O12. The largest absolute Gasteiger partial charge is 0.462 e. The number of aliphatic hydroxyl groups is 3. The molecule has 16 atom stereocenters. The second-order valence-corrected chi connectivity index (χ2v) is 19.6. The maximum absolute atomic E-state index is 13.4. The van der Waals surface area contributed by atoms with Crippen LogP contribution < -0.4 is 0 Å². The first-order chi connectivity index (χ1) is 31.5. The topological polar surface area (TPSA) is 182 Å². The van der Waals surface area contributed by atoms with E-state index in [0.717, 1.165) is 31.3 Å². The molecular weight excluding hydrogens is 857 g/mol. The van der Waals surface area contributed by atoms with Gasteiger partial charge >= 0.3 is 17.9 Å². The maximum Gasteiger partial charge on any atom is 0.331 e. The van der Waals surface area contributed by atoms with E-state index >= 15 is 0 Å². The maximum atomic E-state index is 13.4. The highest BCUT2D eigenvalue weighted by molar-refractivity contribution is 5.82. The summed E-state index contributed by atoms with van der Waals surface area (Å²) in [5.41, 5.74) is 1.13. The average molecular weight is 947 g/mol. The number of esters is 3. The van der Waals surface area contributed by atoms with Gasteiger partial charge in [0, 0.05) is 70.6 Å². The predicted molar refractivity (Wildman–Crippen MR) is 263 cm³/mol. The molecule has 0 bridgehead atoms. The van der Waals surface area contributed by atoms with Crippen molar-refractivity contribution in [2.24, 2.45) is 41.4 Å². The van der Waals surface area contributed by atoms with Crippen molar-refractivity contribution in [3.63, 3.8) is 0 Å². The molecule has 0 fully saturated rings. The number of cyclic esters (lactones) is 1. The molecule has 0 aromatic heterocycles. The number of carbonyl (C=O) groups excluding carboxylic acids is 4. The summed E-state index contributed by atoms with van der Waals surface area (Å²) in [5, 5.41) is 34.0. The Hall–Kier alpha value is -3.66. The van der Waals surface area contributed by atoms with Crippen LogP contribution in [0.4, 0.5) is 0 Å². The van der Waals surface area contributed by atoms with E-state index in [9.17, 15) is 34.5 Å². The van der Waals surface area contributed by atoms with Gasteiger partial charge in [0.2, 0.25) is 6.41 Å². The third-order valence-electron chi connectivity index (χ3n) is 13.7. The lowest BCUT2D eigenvalue weighted by atomic mass is 9.82. The van der Waals surface area contributed by atoms with Crippen molar-refractivity contribution in [3.8, 4) is 0 Å². The van der Waals surface area contributed by atoms with Gasteiger partial charge in [-0.05, 0) is 96.2 Å². The van der Waals surface area contributed by atoms with Crippen molar-refractivity contribution in [2.75, 3.05) is 35.4 Å². The summed E-state index contributed by atoms with van der Waals surface area (Å²) in [7, 11) is 8.54. The average Bonchev–Trinajstić information content (AvgIpc) is 3.29. The van der Waals surface area contributed by atoms with Gasteiger partial charge in [-0.25, -0.2) is 4.79 Å². The molecule has 14 nitrogen and oxygen atoms in total. The van der Waals surface area contributed by atoms with Gasteiger partial charge in [0.15, 0.2) is 0 Å². The molecule has 1 heterocycles. The molecule has 0 radical (unpaired) electrons. The van der Waals surface area contributed by atoms with Gasteiger partial charge in [0.05, 0.1) is 30.5 Å². The zero-order chi connectivity index (χ0) is 51.0. The Bertz CT molecular complexity index is 1610. The molecule has 1 amide bonds. The van der Waals surface area contributed by atoms with E-state index < -0.39 is 72.4 Å². The number of amides is 1. The summed E-state index contributed by atoms with van der Waals surface area (Å²) in [6.07, 6.45) is 15.9. The predicted octanol–water partition coefficient (Wildman–Crippen LogP) is 7.61. The number of hydrogen-bond donors (Lipinski definition) is 3. The van der Waals surface area contributed by atoms with Crippen molar-refractivity contribution < 1.29 is 58.2 Å². The third kappa shape index (κ3) is 22.5. The Morgan fingerprint density at radius 2 is 1.60 bits per heavy atom. The molecule has 0 aromatic rings. The van der Waals surface area contributed by atoms with Crippen molar-refractivity contribution in [1.29, 1.82) is 0 Å². The zero-order valence-electron chi connectivity index (χ0n) is 43.6. The fourth-order valence-electron chi connectivity index (χ4n) is 8.43. The van der Waals surface area contributed by atoms with Crippen molar-refractivity contribution in [1.82, 2.24) is 9.80 Å². The second kappa shape index (κ2) is 32.2. The molecule has 3 N–H and O–H groups in total. The van der Waals surface area contributed by atoms with Gasteiger partial charge in [0.1, 0.15) is 24.4 Å². The summed E-state index contributed by atoms with van der Waals surface area (Å²) < 4.78 is 29.8. The highest BCUT2D eigenvalue weighted by Gasteiger charge is 2.37. The lowest BCUT2D eigenvalue weighted by Crippen LogP contribution is -2.43. The normalized spacial score (nSPS) is 29.6. The summed E-state index contributed by atoms with van der Waals surface area (Å²) in [4.78, 5) is 53.5. The van der Waals surface area contributed by atoms with Crippen LogP contribution in [0.5, 0.6) is 0 Å². The lowest BCUT2D eigenvalue weighted by Gasteiger charge is -2.35. The summed E-state index contributed by atoms with van der Waals surface area (Å²) in [6.45, 7) is 18.6. The van der Waals surface area contributed by atoms with Gasteiger partial charge in [-0.1, -0.05) is 91.0 Å². The van der Waals surface area contributed by atoms with E-state index in [1.165, 1.54) is 17.9 Å². The lowest BCUT2D eigenvalue weighted by molar-refractivity contribution is -0.165. The molecule has 0 saturated carbocycles. The van der Waals surface area contributed by atoms with Crippen LogP contribution in [0.15, 0.2) is 60.4 Å². The highest BCUT2D eigenvalue weighted by Crippen LogP contribution is 2.31. The zero-order valence-corrected chi connectivity index (χ0v) is 43.6. The molecule has 1 rings (SSSR count). The molecule has 1 aliphatic rings. The van der Waals surface area contributed by atoms with Gasteiger partial charge in [-0.2, -0.15) is 0 Å². The Morgan fingerprint density at radius 3 is 2.19 bits per heavy atom. The molecule has 1 aliphatic heterocycles. The quantitative estimate of drug-likeness (QED) is 0.0529. The van der Waals surface area contributed by atoms with Crippen LogP contribution in [0.1, 0.15) is 121 Å². The number of hydrogen-bond acceptors (Lipinski definition) is 13. The second-order valence-electron chi connectivity index (χ2n) is 19.6. The van der Waals surface area contributed by atoms with E-state index in [2.05, 4.69) is 19.9 Å². The minimum Gasteiger partial charge on any atom is -0.462 e. The van der Waals surface area contributed by atoms with E-state index in [4.69, 9.17) is 23.7 Å². The number of ether oxygens (including phenoxy) is 5. The standard InChI is InChI=1S/C53H90N2O12/c1-34-24-25-35(2)46(64-15)28-26-36(3)50(60)39(6)45(58)21-17-16-18-23-49(59)66-47(22-19-20-44(32-34)63-14)40(7)51(61)37(4)27-29-48(67-53(62)42(9)54(11)12)41(8)52(65-43(10)57)38(5)30-31-55(13)33-56/h16-20,23,25,30-31,33-34,36-42,44-48,50-52,58,60-61H,21-22,24,26-29,32H2,1-15H3/b17-16+,20-19+,23-18+,31-30+,35-25?/t34-,36-,37+,38-,39-,40-,41+,42?,44+,45-,46+,47+,48-,50-,51+,52-/m1/s1. The SMILES string of the molecule is CO[C@H]1CC[C@@H](C)[C@@H](O)[C@H](C)[C@H](O)C/C=C/C=C/C(=O)O[C@H]([C@@H](C)[C@@H](O)[C@@H](C)CC[C@@H](OC(=O)C(C)N(C)C)[C@H](C)[C@H](OC(C)=O)[C@H](C)/C=C/N(C)C=O)C/C=C/[C@H](OC)C[C@H](C)CC=C1C. The minimum absolute atomic E-state index is 0.0566. The molecule has 67 heavy (non-hydrogen) atoms. The van der Waals surface area contributed by atoms with Crippen LogP contribution in [0.2, 0.25) is 0 Å². The fraction of sp³-hybridized carbons (Fsp3) is 0.736. The first-order valence-corrected chi connectivity index (χ1v) is 24.4. The van der Waals surface area contributed by atoms with Gasteiger partial charge in [0.25, 0.3) is 0 Å². The molecule has 0 aromatic carbocycles. The van der Waals surface area contributed by atoms with Gasteiger partial charge in [-0.15, -0.1) is 0 Å². The van der Waals surface area contributed by atoms with Crippen LogP contribution in [0.25, 0.3) is 0 Å². The number of rotatable bonds is 18. The van der Waals surface area contributed by atoms with Crippen molar-refractivity contribution >= 4 is 24.3 Å². The van der Waals surface area contributed by atoms with Crippen LogP contribution in [0, 0.1) is 41.4 Å². The van der Waals surface area contributed by atoms with Gasteiger partial charge < -0.3 is 43.9 Å². The minimum atomic E-state index is -0.940. The van der Waals surface area contributed by atoms with E-state index in [0.29, 0.717) is 25.7 Å². The van der Waals surface area contributed by atoms with E-state index in [-0.39, 0.29) is 48.2 Å². The Morgan fingerprint density at radius 1 is 0.925 bits per heavy atom. The molecule has 384 valence electrons. The first-order valence-electron chi connectivity index (χ1n) is 24.4. The van der Waals surface area contributed by atoms with E-state index in [1.807, 2.05) is 53.7 Å². The monoisotopic (exact) mass is 947 g/mol. The number of methoxy groups -OCH3 is 2. The van der Waals surface area contributed by atoms with Crippen LogP contribution >= 0.6 is 0 Å². The molecule has 0 saturated heterocycles. The molecule has 1 unspecified atom stereocenters. The Kier molecular flexibility index (Phi) is 29.5.